The van der Waals surface area contributed by atoms with Gasteiger partial charge in [-0.2, -0.15) is 0 Å². The van der Waals surface area contributed by atoms with Gasteiger partial charge in [-0.1, -0.05) is 36.4 Å². The van der Waals surface area contributed by atoms with E-state index in [1.165, 1.54) is 0 Å². The van der Waals surface area contributed by atoms with Crippen LogP contribution in [0, 0.1) is 0 Å². The smallest absolute Gasteiger partial charge is 0.195 e. The molecular weight excluding hydrogens is 260 g/mol. The van der Waals surface area contributed by atoms with Gasteiger partial charge in [0.25, 0.3) is 0 Å². The van der Waals surface area contributed by atoms with Gasteiger partial charge in [0, 0.05) is 36.4 Å². The number of carbonyl (C=O) groups excluding carboxylic acids is 1. The molecule has 0 aliphatic carbocycles. The normalized spacial score (nSPS) is 21.3. The summed E-state index contributed by atoms with van der Waals surface area (Å²) < 4.78 is 0. The van der Waals surface area contributed by atoms with E-state index >= 15 is 0 Å². The summed E-state index contributed by atoms with van der Waals surface area (Å²) in [5.41, 5.74) is 3.92. The molecule has 1 unspecified atom stereocenters. The average molecular weight is 278 g/mol. The second-order valence-electron chi connectivity index (χ2n) is 5.90. The second kappa shape index (κ2) is 4.71. The number of hydrogen-bond donors (Lipinski definition) is 0. The highest BCUT2D eigenvalue weighted by Crippen LogP contribution is 2.38. The maximum absolute atomic E-state index is 12.9. The summed E-state index contributed by atoms with van der Waals surface area (Å²) in [7, 11) is 2.15. The van der Waals surface area contributed by atoms with Crippen LogP contribution in [0.1, 0.15) is 27.5 Å². The Labute approximate surface area is 124 Å². The SMILES string of the molecule is CN1CCN2c3ccccc3C(=O)c3ccccc3C2C1. The summed E-state index contributed by atoms with van der Waals surface area (Å²) in [5, 5.41) is 0. The number of fused-ring (bicyclic) bond motifs is 5. The Morgan fingerprint density at radius 2 is 1.67 bits per heavy atom. The average Bonchev–Trinajstić information content (AvgIpc) is 2.63. The Balaban J connectivity index is 1.97. The van der Waals surface area contributed by atoms with E-state index in [9.17, 15) is 4.79 Å². The highest BCUT2D eigenvalue weighted by atomic mass is 16.1. The number of rotatable bonds is 0. The van der Waals surface area contributed by atoms with E-state index in [2.05, 4.69) is 29.0 Å². The van der Waals surface area contributed by atoms with E-state index in [1.807, 2.05) is 36.4 Å². The minimum absolute atomic E-state index is 0.151. The zero-order valence-corrected chi connectivity index (χ0v) is 12.1. The minimum atomic E-state index is 0.151. The Kier molecular flexibility index (Phi) is 2.82. The van der Waals surface area contributed by atoms with Crippen LogP contribution in [0.4, 0.5) is 5.69 Å². The number of carbonyl (C=O) groups is 1. The van der Waals surface area contributed by atoms with Gasteiger partial charge in [-0.05, 0) is 24.7 Å². The number of benzene rings is 2. The Bertz CT molecular complexity index is 710. The summed E-state index contributed by atoms with van der Waals surface area (Å²) in [6, 6.07) is 16.3. The fourth-order valence-electron chi connectivity index (χ4n) is 3.53. The van der Waals surface area contributed by atoms with Crippen LogP contribution >= 0.6 is 0 Å². The van der Waals surface area contributed by atoms with Crippen molar-refractivity contribution < 1.29 is 4.79 Å². The van der Waals surface area contributed by atoms with E-state index in [0.29, 0.717) is 0 Å². The molecule has 4 rings (SSSR count). The largest absolute Gasteiger partial charge is 0.361 e. The van der Waals surface area contributed by atoms with Gasteiger partial charge >= 0.3 is 0 Å². The molecule has 1 fully saturated rings. The summed E-state index contributed by atoms with van der Waals surface area (Å²) in [4.78, 5) is 17.7. The lowest BCUT2D eigenvalue weighted by molar-refractivity contribution is 0.103. The topological polar surface area (TPSA) is 23.6 Å². The number of hydrogen-bond acceptors (Lipinski definition) is 3. The van der Waals surface area contributed by atoms with Crippen LogP contribution in [0.2, 0.25) is 0 Å². The van der Waals surface area contributed by atoms with Crippen molar-refractivity contribution in [2.24, 2.45) is 0 Å². The molecule has 3 nitrogen and oxygen atoms in total. The van der Waals surface area contributed by atoms with E-state index in [4.69, 9.17) is 0 Å². The third-order valence-electron chi connectivity index (χ3n) is 4.61. The van der Waals surface area contributed by atoms with Crippen molar-refractivity contribution in [1.82, 2.24) is 4.90 Å². The van der Waals surface area contributed by atoms with Crippen LogP contribution in [-0.4, -0.2) is 37.4 Å². The molecule has 3 heteroatoms. The number of piperazine rings is 1. The lowest BCUT2D eigenvalue weighted by atomic mass is 9.95. The molecule has 21 heavy (non-hydrogen) atoms. The molecule has 0 radical (unpaired) electrons. The summed E-state index contributed by atoms with van der Waals surface area (Å²) in [5.74, 6) is 0.151. The highest BCUT2D eigenvalue weighted by Gasteiger charge is 2.34. The molecule has 1 atom stereocenters. The molecule has 2 aliphatic heterocycles. The molecule has 0 aromatic heterocycles. The number of nitrogens with zero attached hydrogens (tertiary/aromatic N) is 2. The van der Waals surface area contributed by atoms with Gasteiger partial charge in [0.1, 0.15) is 0 Å². The standard InChI is InChI=1S/C18H18N2O/c1-19-10-11-20-16-9-5-4-8-15(16)18(21)14-7-3-2-6-13(14)17(20)12-19/h2-9,17H,10-12H2,1H3. The first kappa shape index (κ1) is 12.6. The van der Waals surface area contributed by atoms with Crippen molar-refractivity contribution in [3.05, 3.63) is 65.2 Å². The zero-order valence-electron chi connectivity index (χ0n) is 12.1. The molecule has 0 bridgehead atoms. The molecule has 0 N–H and O–H groups in total. The van der Waals surface area contributed by atoms with E-state index in [-0.39, 0.29) is 11.8 Å². The third-order valence-corrected chi connectivity index (χ3v) is 4.61. The minimum Gasteiger partial charge on any atom is -0.361 e. The van der Waals surface area contributed by atoms with Gasteiger partial charge in [0.2, 0.25) is 0 Å². The molecule has 2 aromatic rings. The molecule has 2 heterocycles. The summed E-state index contributed by atoms with van der Waals surface area (Å²) >= 11 is 0. The molecule has 106 valence electrons. The predicted octanol–water partition coefficient (Wildman–Crippen LogP) is 2.72. The molecule has 0 saturated carbocycles. The predicted molar refractivity (Wildman–Crippen MR) is 83.9 cm³/mol. The van der Waals surface area contributed by atoms with Crippen molar-refractivity contribution in [3.63, 3.8) is 0 Å². The fraction of sp³-hybridized carbons (Fsp3) is 0.278. The van der Waals surface area contributed by atoms with Gasteiger partial charge in [-0.15, -0.1) is 0 Å². The molecular formula is C18H18N2O. The Hall–Kier alpha value is -2.13. The van der Waals surface area contributed by atoms with Crippen LogP contribution in [0.3, 0.4) is 0 Å². The van der Waals surface area contributed by atoms with Crippen LogP contribution < -0.4 is 4.90 Å². The molecule has 2 aliphatic rings. The van der Waals surface area contributed by atoms with Crippen LogP contribution in [0.15, 0.2) is 48.5 Å². The van der Waals surface area contributed by atoms with Gasteiger partial charge < -0.3 is 9.80 Å². The number of anilines is 1. The van der Waals surface area contributed by atoms with Crippen molar-refractivity contribution in [3.8, 4) is 0 Å². The molecule has 1 saturated heterocycles. The van der Waals surface area contributed by atoms with E-state index < -0.39 is 0 Å². The van der Waals surface area contributed by atoms with Crippen molar-refractivity contribution in [2.75, 3.05) is 31.6 Å². The van der Waals surface area contributed by atoms with Crippen molar-refractivity contribution in [1.29, 1.82) is 0 Å². The van der Waals surface area contributed by atoms with Crippen LogP contribution in [0.25, 0.3) is 0 Å². The van der Waals surface area contributed by atoms with Crippen molar-refractivity contribution >= 4 is 11.5 Å². The van der Waals surface area contributed by atoms with Crippen LogP contribution in [0.5, 0.6) is 0 Å². The molecule has 0 spiro atoms. The van der Waals surface area contributed by atoms with Gasteiger partial charge in [0.15, 0.2) is 5.78 Å². The lowest BCUT2D eigenvalue weighted by Crippen LogP contribution is -2.46. The fourth-order valence-corrected chi connectivity index (χ4v) is 3.53. The van der Waals surface area contributed by atoms with E-state index in [1.54, 1.807) is 0 Å². The Morgan fingerprint density at radius 3 is 2.52 bits per heavy atom. The molecule has 2 aromatic carbocycles. The summed E-state index contributed by atoms with van der Waals surface area (Å²) in [6.45, 7) is 2.94. The van der Waals surface area contributed by atoms with Crippen molar-refractivity contribution in [2.45, 2.75) is 6.04 Å². The molecule has 0 amide bonds. The van der Waals surface area contributed by atoms with Gasteiger partial charge in [0.05, 0.1) is 6.04 Å². The summed E-state index contributed by atoms with van der Waals surface area (Å²) in [6.07, 6.45) is 0. The van der Waals surface area contributed by atoms with Crippen LogP contribution in [-0.2, 0) is 0 Å². The maximum atomic E-state index is 12.9. The maximum Gasteiger partial charge on any atom is 0.195 e. The quantitative estimate of drug-likeness (QED) is 0.740. The number of likely N-dealkylation sites (N-methyl/N-ethyl adjacent to an activating group) is 1. The lowest BCUT2D eigenvalue weighted by Gasteiger charge is -2.41. The highest BCUT2D eigenvalue weighted by molar-refractivity contribution is 6.14. The first-order valence-electron chi connectivity index (χ1n) is 7.43. The van der Waals surface area contributed by atoms with E-state index in [0.717, 1.165) is 42.0 Å². The first-order valence-corrected chi connectivity index (χ1v) is 7.43. The monoisotopic (exact) mass is 278 g/mol. The zero-order chi connectivity index (χ0) is 14.4. The Morgan fingerprint density at radius 1 is 0.952 bits per heavy atom. The van der Waals surface area contributed by atoms with Gasteiger partial charge in [-0.25, -0.2) is 0 Å². The number of ketones is 1. The van der Waals surface area contributed by atoms with Gasteiger partial charge in [-0.3, -0.25) is 4.79 Å². The third kappa shape index (κ3) is 1.88. The number of para-hydroxylation sites is 1. The second-order valence-corrected chi connectivity index (χ2v) is 5.90. The first-order chi connectivity index (χ1) is 10.3.